The van der Waals surface area contributed by atoms with E-state index in [4.69, 9.17) is 11.6 Å². The van der Waals surface area contributed by atoms with E-state index in [9.17, 15) is 0 Å². The first-order valence-electron chi connectivity index (χ1n) is 5.54. The van der Waals surface area contributed by atoms with Crippen molar-refractivity contribution in [3.05, 3.63) is 23.0 Å². The fraction of sp³-hybridized carbons (Fsp3) is 0.583. The standard InChI is InChI=1S/C12H17ClN2/c1-9-4-3-5-15(8-9)11-6-10(2)12(13)14-7-11/h6-7,9H,3-5,8H2,1-2H3. The molecule has 0 bridgehead atoms. The lowest BCUT2D eigenvalue weighted by molar-refractivity contribution is 0.446. The van der Waals surface area contributed by atoms with Crippen LogP contribution in [0.3, 0.4) is 0 Å². The Morgan fingerprint density at radius 3 is 3.00 bits per heavy atom. The van der Waals surface area contributed by atoms with Crippen molar-refractivity contribution in [1.82, 2.24) is 4.98 Å². The molecule has 1 aliphatic heterocycles. The van der Waals surface area contributed by atoms with Gasteiger partial charge in [-0.25, -0.2) is 4.98 Å². The number of rotatable bonds is 1. The van der Waals surface area contributed by atoms with Gasteiger partial charge in [0.05, 0.1) is 11.9 Å². The van der Waals surface area contributed by atoms with E-state index in [0.29, 0.717) is 5.15 Å². The van der Waals surface area contributed by atoms with Gasteiger partial charge in [0.25, 0.3) is 0 Å². The van der Waals surface area contributed by atoms with Crippen LogP contribution in [0.15, 0.2) is 12.3 Å². The number of anilines is 1. The van der Waals surface area contributed by atoms with E-state index in [1.54, 1.807) is 0 Å². The van der Waals surface area contributed by atoms with Crippen molar-refractivity contribution in [3.8, 4) is 0 Å². The Bertz CT molecular complexity index is 351. The van der Waals surface area contributed by atoms with Crippen LogP contribution >= 0.6 is 11.6 Å². The van der Waals surface area contributed by atoms with Crippen LogP contribution in [-0.2, 0) is 0 Å². The van der Waals surface area contributed by atoms with Crippen molar-refractivity contribution < 1.29 is 0 Å². The summed E-state index contributed by atoms with van der Waals surface area (Å²) >= 11 is 5.92. The van der Waals surface area contributed by atoms with Crippen molar-refractivity contribution in [3.63, 3.8) is 0 Å². The number of aryl methyl sites for hydroxylation is 1. The normalized spacial score (nSPS) is 21.8. The Labute approximate surface area is 96.3 Å². The molecule has 0 N–H and O–H groups in total. The second-order valence-electron chi connectivity index (χ2n) is 4.49. The molecular formula is C12H17ClN2. The van der Waals surface area contributed by atoms with E-state index in [1.807, 2.05) is 13.1 Å². The van der Waals surface area contributed by atoms with Gasteiger partial charge in [0.1, 0.15) is 5.15 Å². The monoisotopic (exact) mass is 224 g/mol. The maximum atomic E-state index is 5.92. The highest BCUT2D eigenvalue weighted by Gasteiger charge is 2.17. The lowest BCUT2D eigenvalue weighted by Gasteiger charge is -2.32. The number of nitrogens with zero attached hydrogens (tertiary/aromatic N) is 2. The van der Waals surface area contributed by atoms with Gasteiger partial charge < -0.3 is 4.90 Å². The second-order valence-corrected chi connectivity index (χ2v) is 4.85. The molecule has 0 aliphatic carbocycles. The third-order valence-corrected chi connectivity index (χ3v) is 3.42. The Hall–Kier alpha value is -0.760. The maximum Gasteiger partial charge on any atom is 0.132 e. The minimum Gasteiger partial charge on any atom is -0.370 e. The summed E-state index contributed by atoms with van der Waals surface area (Å²) < 4.78 is 0. The molecule has 1 aromatic rings. The summed E-state index contributed by atoms with van der Waals surface area (Å²) in [6.07, 6.45) is 4.51. The van der Waals surface area contributed by atoms with Gasteiger partial charge in [0.15, 0.2) is 0 Å². The molecule has 2 rings (SSSR count). The highest BCUT2D eigenvalue weighted by molar-refractivity contribution is 6.30. The van der Waals surface area contributed by atoms with Crippen LogP contribution in [0, 0.1) is 12.8 Å². The van der Waals surface area contributed by atoms with Gasteiger partial charge in [-0.3, -0.25) is 0 Å². The molecular weight excluding hydrogens is 208 g/mol. The summed E-state index contributed by atoms with van der Waals surface area (Å²) in [6, 6.07) is 2.13. The van der Waals surface area contributed by atoms with Gasteiger partial charge in [-0.1, -0.05) is 18.5 Å². The third-order valence-electron chi connectivity index (χ3n) is 3.02. The molecule has 0 aromatic carbocycles. The fourth-order valence-corrected chi connectivity index (χ4v) is 2.24. The first-order chi connectivity index (χ1) is 7.16. The number of halogens is 1. The predicted octanol–water partition coefficient (Wildman–Crippen LogP) is 3.28. The number of hydrogen-bond acceptors (Lipinski definition) is 2. The summed E-state index contributed by atoms with van der Waals surface area (Å²) in [5.41, 5.74) is 2.27. The minimum atomic E-state index is 0.615. The molecule has 0 spiro atoms. The molecule has 0 amide bonds. The molecule has 0 saturated carbocycles. The predicted molar refractivity (Wildman–Crippen MR) is 64.6 cm³/mol. The van der Waals surface area contributed by atoms with Crippen molar-refractivity contribution in [2.75, 3.05) is 18.0 Å². The zero-order chi connectivity index (χ0) is 10.8. The van der Waals surface area contributed by atoms with Crippen LogP contribution in [-0.4, -0.2) is 18.1 Å². The van der Waals surface area contributed by atoms with E-state index in [2.05, 4.69) is 22.9 Å². The van der Waals surface area contributed by atoms with Crippen LogP contribution in [0.1, 0.15) is 25.3 Å². The molecule has 1 aromatic heterocycles. The van der Waals surface area contributed by atoms with Crippen molar-refractivity contribution in [2.45, 2.75) is 26.7 Å². The zero-order valence-electron chi connectivity index (χ0n) is 9.33. The number of pyridine rings is 1. The van der Waals surface area contributed by atoms with Crippen LogP contribution in [0.5, 0.6) is 0 Å². The Morgan fingerprint density at radius 1 is 1.53 bits per heavy atom. The van der Waals surface area contributed by atoms with E-state index >= 15 is 0 Å². The van der Waals surface area contributed by atoms with Crippen molar-refractivity contribution in [1.29, 1.82) is 0 Å². The van der Waals surface area contributed by atoms with Gasteiger partial charge in [-0.05, 0) is 37.3 Å². The Morgan fingerprint density at radius 2 is 2.33 bits per heavy atom. The summed E-state index contributed by atoms with van der Waals surface area (Å²) in [4.78, 5) is 6.61. The van der Waals surface area contributed by atoms with E-state index in [0.717, 1.165) is 24.6 Å². The average Bonchev–Trinajstić information content (AvgIpc) is 2.22. The van der Waals surface area contributed by atoms with Gasteiger partial charge in [-0.15, -0.1) is 0 Å². The van der Waals surface area contributed by atoms with Crippen molar-refractivity contribution in [2.24, 2.45) is 5.92 Å². The molecule has 0 radical (unpaired) electrons. The van der Waals surface area contributed by atoms with Gasteiger partial charge in [-0.2, -0.15) is 0 Å². The largest absolute Gasteiger partial charge is 0.370 e. The lowest BCUT2D eigenvalue weighted by Crippen LogP contribution is -2.34. The third kappa shape index (κ3) is 2.43. The van der Waals surface area contributed by atoms with Gasteiger partial charge >= 0.3 is 0 Å². The van der Waals surface area contributed by atoms with Crippen molar-refractivity contribution >= 4 is 17.3 Å². The summed E-state index contributed by atoms with van der Waals surface area (Å²) in [5.74, 6) is 0.787. The lowest BCUT2D eigenvalue weighted by atomic mass is 10.00. The summed E-state index contributed by atoms with van der Waals surface area (Å²) in [6.45, 7) is 6.60. The van der Waals surface area contributed by atoms with Crippen LogP contribution in [0.4, 0.5) is 5.69 Å². The van der Waals surface area contributed by atoms with Crippen LogP contribution in [0.25, 0.3) is 0 Å². The number of piperidine rings is 1. The highest BCUT2D eigenvalue weighted by atomic mass is 35.5. The molecule has 15 heavy (non-hydrogen) atoms. The smallest absolute Gasteiger partial charge is 0.132 e. The summed E-state index contributed by atoms with van der Waals surface area (Å²) in [7, 11) is 0. The molecule has 3 heteroatoms. The zero-order valence-corrected chi connectivity index (χ0v) is 10.1. The second kappa shape index (κ2) is 4.40. The average molecular weight is 225 g/mol. The van der Waals surface area contributed by atoms with Gasteiger partial charge in [0.2, 0.25) is 0 Å². The van der Waals surface area contributed by atoms with E-state index in [1.165, 1.54) is 18.5 Å². The Kier molecular flexibility index (Phi) is 3.15. The minimum absolute atomic E-state index is 0.615. The van der Waals surface area contributed by atoms with Crippen LogP contribution < -0.4 is 4.90 Å². The first-order valence-corrected chi connectivity index (χ1v) is 5.91. The van der Waals surface area contributed by atoms with Crippen LogP contribution in [0.2, 0.25) is 5.15 Å². The molecule has 1 aliphatic rings. The highest BCUT2D eigenvalue weighted by Crippen LogP contribution is 2.24. The SMILES string of the molecule is Cc1cc(N2CCCC(C)C2)cnc1Cl. The maximum absolute atomic E-state index is 5.92. The molecule has 1 atom stereocenters. The van der Waals surface area contributed by atoms with E-state index < -0.39 is 0 Å². The molecule has 1 saturated heterocycles. The molecule has 82 valence electrons. The quantitative estimate of drug-likeness (QED) is 0.681. The fourth-order valence-electron chi connectivity index (χ4n) is 2.14. The topological polar surface area (TPSA) is 16.1 Å². The number of hydrogen-bond donors (Lipinski definition) is 0. The van der Waals surface area contributed by atoms with Gasteiger partial charge in [0, 0.05) is 13.1 Å². The molecule has 2 nitrogen and oxygen atoms in total. The molecule has 2 heterocycles. The molecule has 1 fully saturated rings. The summed E-state index contributed by atoms with van der Waals surface area (Å²) in [5, 5.41) is 0.615. The molecule has 1 unspecified atom stereocenters. The first kappa shape index (κ1) is 10.7. The Balaban J connectivity index is 2.18. The van der Waals surface area contributed by atoms with E-state index in [-0.39, 0.29) is 0 Å². The number of aromatic nitrogens is 1.